The maximum absolute atomic E-state index is 12.8. The number of amides is 1. The maximum Gasteiger partial charge on any atom is 0.254 e. The molecule has 2 aliphatic heterocycles. The third-order valence-electron chi connectivity index (χ3n) is 6.84. The van der Waals surface area contributed by atoms with Crippen LogP contribution in [-0.4, -0.2) is 88.5 Å². The van der Waals surface area contributed by atoms with Gasteiger partial charge in [-0.3, -0.25) is 9.69 Å². The molecule has 5 rings (SSSR count). The van der Waals surface area contributed by atoms with Gasteiger partial charge in [0.2, 0.25) is 0 Å². The SMILES string of the molecule is O=C(c1ccc(-n2nnnc2C2(N3CCOCC3)CCCCC2)cc1)N1CCOCC1. The van der Waals surface area contributed by atoms with E-state index >= 15 is 0 Å². The Bertz CT molecular complexity index is 881. The van der Waals surface area contributed by atoms with Crippen molar-refractivity contribution in [3.8, 4) is 5.69 Å². The minimum Gasteiger partial charge on any atom is -0.379 e. The van der Waals surface area contributed by atoms with Crippen LogP contribution in [0.1, 0.15) is 48.3 Å². The second kappa shape index (κ2) is 9.02. The van der Waals surface area contributed by atoms with Gasteiger partial charge in [-0.15, -0.1) is 5.10 Å². The van der Waals surface area contributed by atoms with Crippen molar-refractivity contribution < 1.29 is 14.3 Å². The van der Waals surface area contributed by atoms with Gasteiger partial charge in [0.25, 0.3) is 5.91 Å². The van der Waals surface area contributed by atoms with Gasteiger partial charge in [-0.1, -0.05) is 19.3 Å². The Morgan fingerprint density at radius 1 is 0.871 bits per heavy atom. The molecule has 3 heterocycles. The zero-order valence-corrected chi connectivity index (χ0v) is 17.9. The van der Waals surface area contributed by atoms with E-state index in [1.807, 2.05) is 33.8 Å². The number of morpholine rings is 2. The van der Waals surface area contributed by atoms with Crippen LogP contribution in [0, 0.1) is 0 Å². The average Bonchev–Trinajstić information content (AvgIpc) is 3.36. The molecule has 2 saturated heterocycles. The lowest BCUT2D eigenvalue weighted by molar-refractivity contribution is -0.0451. The highest BCUT2D eigenvalue weighted by Crippen LogP contribution is 2.42. The Morgan fingerprint density at radius 2 is 1.52 bits per heavy atom. The number of nitrogens with zero attached hydrogens (tertiary/aromatic N) is 6. The quantitative estimate of drug-likeness (QED) is 0.734. The number of hydrogen-bond acceptors (Lipinski definition) is 7. The molecule has 0 bridgehead atoms. The number of benzene rings is 1. The van der Waals surface area contributed by atoms with Crippen molar-refractivity contribution in [1.29, 1.82) is 0 Å². The molecule has 3 fully saturated rings. The highest BCUT2D eigenvalue weighted by Gasteiger charge is 2.44. The van der Waals surface area contributed by atoms with Crippen LogP contribution in [0.5, 0.6) is 0 Å². The number of hydrogen-bond donors (Lipinski definition) is 0. The lowest BCUT2D eigenvalue weighted by atomic mass is 9.79. The van der Waals surface area contributed by atoms with E-state index in [0.717, 1.165) is 50.7 Å². The van der Waals surface area contributed by atoms with Gasteiger partial charge in [0, 0.05) is 31.7 Å². The van der Waals surface area contributed by atoms with Crippen LogP contribution in [-0.2, 0) is 15.0 Å². The van der Waals surface area contributed by atoms with Crippen LogP contribution in [0.15, 0.2) is 24.3 Å². The van der Waals surface area contributed by atoms with Gasteiger partial charge in [-0.25, -0.2) is 0 Å². The molecule has 1 saturated carbocycles. The predicted octanol–water partition coefficient (Wildman–Crippen LogP) is 1.63. The molecule has 31 heavy (non-hydrogen) atoms. The Hall–Kier alpha value is -2.36. The Kier molecular flexibility index (Phi) is 5.97. The molecule has 1 aromatic heterocycles. The standard InChI is InChI=1S/C22H30N6O3/c29-20(26-10-14-30-15-11-26)18-4-6-19(7-5-18)28-21(23-24-25-28)22(8-2-1-3-9-22)27-12-16-31-17-13-27/h4-7H,1-3,8-17H2. The van der Waals surface area contributed by atoms with Gasteiger partial charge in [-0.2, -0.15) is 4.68 Å². The molecule has 1 aromatic carbocycles. The summed E-state index contributed by atoms with van der Waals surface area (Å²) in [7, 11) is 0. The first kappa shape index (κ1) is 20.5. The fourth-order valence-electron chi connectivity index (χ4n) is 5.15. The van der Waals surface area contributed by atoms with Crippen LogP contribution >= 0.6 is 0 Å². The molecular weight excluding hydrogens is 396 g/mol. The largest absolute Gasteiger partial charge is 0.379 e. The molecule has 0 N–H and O–H groups in total. The molecule has 3 aliphatic rings. The summed E-state index contributed by atoms with van der Waals surface area (Å²) in [6, 6.07) is 7.65. The normalized spacial score (nSPS) is 22.4. The van der Waals surface area contributed by atoms with Crippen LogP contribution in [0.3, 0.4) is 0 Å². The first-order valence-corrected chi connectivity index (χ1v) is 11.4. The van der Waals surface area contributed by atoms with Crippen LogP contribution in [0.25, 0.3) is 5.69 Å². The van der Waals surface area contributed by atoms with Crippen molar-refractivity contribution in [2.24, 2.45) is 0 Å². The van der Waals surface area contributed by atoms with Crippen LogP contribution in [0.2, 0.25) is 0 Å². The molecule has 0 radical (unpaired) electrons. The Balaban J connectivity index is 1.43. The van der Waals surface area contributed by atoms with E-state index in [1.54, 1.807) is 0 Å². The van der Waals surface area contributed by atoms with Gasteiger partial charge in [0.15, 0.2) is 5.82 Å². The summed E-state index contributed by atoms with van der Waals surface area (Å²) in [5.74, 6) is 0.949. The van der Waals surface area contributed by atoms with E-state index in [-0.39, 0.29) is 11.4 Å². The number of rotatable bonds is 4. The van der Waals surface area contributed by atoms with E-state index in [2.05, 4.69) is 20.4 Å². The molecule has 2 aromatic rings. The summed E-state index contributed by atoms with van der Waals surface area (Å²) < 4.78 is 12.8. The number of carbonyl (C=O) groups is 1. The first-order valence-electron chi connectivity index (χ1n) is 11.4. The van der Waals surface area contributed by atoms with E-state index < -0.39 is 0 Å². The van der Waals surface area contributed by atoms with Crippen molar-refractivity contribution in [3.05, 3.63) is 35.7 Å². The lowest BCUT2D eigenvalue weighted by Crippen LogP contribution is -2.53. The second-order valence-corrected chi connectivity index (χ2v) is 8.56. The van der Waals surface area contributed by atoms with Gasteiger partial charge in [-0.05, 0) is 47.5 Å². The van der Waals surface area contributed by atoms with Crippen molar-refractivity contribution in [1.82, 2.24) is 30.0 Å². The number of tetrazole rings is 1. The number of carbonyl (C=O) groups excluding carboxylic acids is 1. The van der Waals surface area contributed by atoms with Gasteiger partial charge in [0.05, 0.1) is 37.7 Å². The van der Waals surface area contributed by atoms with Crippen LogP contribution in [0.4, 0.5) is 0 Å². The lowest BCUT2D eigenvalue weighted by Gasteiger charge is -2.46. The summed E-state index contributed by atoms with van der Waals surface area (Å²) in [6.45, 7) is 5.78. The van der Waals surface area contributed by atoms with E-state index in [4.69, 9.17) is 9.47 Å². The minimum atomic E-state index is -0.159. The molecule has 9 heteroatoms. The highest BCUT2D eigenvalue weighted by atomic mass is 16.5. The predicted molar refractivity (Wildman–Crippen MR) is 113 cm³/mol. The smallest absolute Gasteiger partial charge is 0.254 e. The molecule has 0 atom stereocenters. The molecule has 1 amide bonds. The molecular formula is C22H30N6O3. The highest BCUT2D eigenvalue weighted by molar-refractivity contribution is 5.94. The van der Waals surface area contributed by atoms with E-state index in [9.17, 15) is 4.79 Å². The Labute approximate surface area is 182 Å². The van der Waals surface area contributed by atoms with Crippen molar-refractivity contribution in [2.45, 2.75) is 37.6 Å². The van der Waals surface area contributed by atoms with Gasteiger partial charge < -0.3 is 14.4 Å². The summed E-state index contributed by atoms with van der Waals surface area (Å²) in [5.41, 5.74) is 1.41. The summed E-state index contributed by atoms with van der Waals surface area (Å²) in [4.78, 5) is 17.1. The Morgan fingerprint density at radius 3 is 2.19 bits per heavy atom. The molecule has 0 unspecified atom stereocenters. The van der Waals surface area contributed by atoms with Gasteiger partial charge >= 0.3 is 0 Å². The zero-order valence-electron chi connectivity index (χ0n) is 17.9. The third kappa shape index (κ3) is 3.97. The molecule has 0 spiro atoms. The number of ether oxygens (including phenoxy) is 2. The summed E-state index contributed by atoms with van der Waals surface area (Å²) in [5, 5.41) is 12.9. The summed E-state index contributed by atoms with van der Waals surface area (Å²) >= 11 is 0. The average molecular weight is 427 g/mol. The van der Waals surface area contributed by atoms with Crippen molar-refractivity contribution >= 4 is 5.91 Å². The number of aromatic nitrogens is 4. The fraction of sp³-hybridized carbons (Fsp3) is 0.636. The maximum atomic E-state index is 12.8. The summed E-state index contributed by atoms with van der Waals surface area (Å²) in [6.07, 6.45) is 5.72. The fourth-order valence-corrected chi connectivity index (χ4v) is 5.15. The van der Waals surface area contributed by atoms with Gasteiger partial charge in [0.1, 0.15) is 0 Å². The third-order valence-corrected chi connectivity index (χ3v) is 6.84. The molecule has 1 aliphatic carbocycles. The molecule has 166 valence electrons. The minimum absolute atomic E-state index is 0.0452. The van der Waals surface area contributed by atoms with Crippen LogP contribution < -0.4 is 0 Å². The zero-order chi connectivity index (χ0) is 21.1. The van der Waals surface area contributed by atoms with E-state index in [1.165, 1.54) is 19.3 Å². The van der Waals surface area contributed by atoms with Crippen molar-refractivity contribution in [3.63, 3.8) is 0 Å². The van der Waals surface area contributed by atoms with E-state index in [0.29, 0.717) is 31.9 Å². The second-order valence-electron chi connectivity index (χ2n) is 8.56. The topological polar surface area (TPSA) is 85.6 Å². The first-order chi connectivity index (χ1) is 15.3. The monoisotopic (exact) mass is 426 g/mol. The van der Waals surface area contributed by atoms with Crippen molar-refractivity contribution in [2.75, 3.05) is 52.6 Å². The molecule has 9 nitrogen and oxygen atoms in total.